The van der Waals surface area contributed by atoms with Crippen LogP contribution in [0, 0.1) is 23.2 Å². The Bertz CT molecular complexity index is 727. The van der Waals surface area contributed by atoms with E-state index in [2.05, 4.69) is 11.1 Å². The van der Waals surface area contributed by atoms with Crippen molar-refractivity contribution in [1.82, 2.24) is 4.90 Å². The number of aliphatic imine (C=N–C) groups is 1. The first-order valence-electron chi connectivity index (χ1n) is 9.85. The molecule has 0 N–H and O–H groups in total. The third-order valence-corrected chi connectivity index (χ3v) is 8.29. The molecule has 26 heavy (non-hydrogen) atoms. The molecule has 0 spiro atoms. The van der Waals surface area contributed by atoms with Gasteiger partial charge in [0.15, 0.2) is 5.17 Å². The molecule has 3 nitrogen and oxygen atoms in total. The highest BCUT2D eigenvalue weighted by Crippen LogP contribution is 2.60. The van der Waals surface area contributed by atoms with E-state index >= 15 is 0 Å². The van der Waals surface area contributed by atoms with Gasteiger partial charge in [-0.15, -0.1) is 0 Å². The number of hydrogen-bond donors (Lipinski definition) is 0. The quantitative estimate of drug-likeness (QED) is 0.730. The largest absolute Gasteiger partial charge is 0.289 e. The van der Waals surface area contributed by atoms with Gasteiger partial charge in [-0.2, -0.15) is 0 Å². The Morgan fingerprint density at radius 3 is 2.46 bits per heavy atom. The number of amidine groups is 1. The lowest BCUT2D eigenvalue weighted by atomic mass is 9.49. The highest BCUT2D eigenvalue weighted by Gasteiger charge is 2.56. The molecule has 6 rings (SSSR count). The average Bonchev–Trinajstić information content (AvgIpc) is 3.07. The topological polar surface area (TPSA) is 32.7 Å². The molecule has 0 atom stereocenters. The lowest BCUT2D eigenvalue weighted by Gasteiger charge is -2.56. The molecule has 1 aliphatic heterocycles. The van der Waals surface area contributed by atoms with Crippen LogP contribution in [0.1, 0.15) is 44.1 Å². The van der Waals surface area contributed by atoms with Gasteiger partial charge < -0.3 is 0 Å². The molecule has 138 valence electrons. The van der Waals surface area contributed by atoms with Crippen molar-refractivity contribution in [2.24, 2.45) is 28.2 Å². The van der Waals surface area contributed by atoms with Gasteiger partial charge in [0, 0.05) is 17.3 Å². The Kier molecular flexibility index (Phi) is 4.32. The summed E-state index contributed by atoms with van der Waals surface area (Å²) < 4.78 is 0. The summed E-state index contributed by atoms with van der Waals surface area (Å²) in [7, 11) is 0. The summed E-state index contributed by atoms with van der Waals surface area (Å²) in [6.45, 7) is 1.49. The van der Waals surface area contributed by atoms with Gasteiger partial charge in [-0.25, -0.2) is 0 Å². The van der Waals surface area contributed by atoms with Crippen LogP contribution in [0.5, 0.6) is 0 Å². The molecule has 4 fully saturated rings. The van der Waals surface area contributed by atoms with E-state index in [0.717, 1.165) is 71.6 Å². The number of carbonyl (C=O) groups excluding carboxylic acids is 1. The van der Waals surface area contributed by atoms with Crippen molar-refractivity contribution in [1.29, 1.82) is 0 Å². The van der Waals surface area contributed by atoms with E-state index in [0.29, 0.717) is 5.91 Å². The zero-order valence-electron chi connectivity index (χ0n) is 15.0. The fourth-order valence-electron chi connectivity index (χ4n) is 6.16. The summed E-state index contributed by atoms with van der Waals surface area (Å²) in [5.74, 6) is 3.53. The number of benzene rings is 1. The van der Waals surface area contributed by atoms with Gasteiger partial charge >= 0.3 is 0 Å². The number of amides is 1. The van der Waals surface area contributed by atoms with Crippen LogP contribution in [0.25, 0.3) is 0 Å². The standard InChI is InChI=1S/C21H25ClN2OS/c22-18-4-2-1-3-17(18)13-26-20-23-5-6-24(20)19(25)21-10-14-7-15(11-21)9-16(8-14)12-21/h1-4,14-16H,5-13H2. The molecule has 0 unspecified atom stereocenters. The van der Waals surface area contributed by atoms with Crippen molar-refractivity contribution in [3.63, 3.8) is 0 Å². The number of thioether (sulfide) groups is 1. The zero-order valence-corrected chi connectivity index (χ0v) is 16.6. The monoisotopic (exact) mass is 388 g/mol. The lowest BCUT2D eigenvalue weighted by Crippen LogP contribution is -2.55. The maximum atomic E-state index is 13.6. The Morgan fingerprint density at radius 2 is 1.81 bits per heavy atom. The van der Waals surface area contributed by atoms with Crippen molar-refractivity contribution in [2.75, 3.05) is 13.1 Å². The fourth-order valence-corrected chi connectivity index (χ4v) is 7.49. The Hall–Kier alpha value is -1.00. The van der Waals surface area contributed by atoms with Crippen LogP contribution in [0.3, 0.4) is 0 Å². The highest BCUT2D eigenvalue weighted by molar-refractivity contribution is 8.13. The Labute approximate surface area is 164 Å². The zero-order chi connectivity index (χ0) is 17.7. The third-order valence-electron chi connectivity index (χ3n) is 6.85. The third kappa shape index (κ3) is 2.90. The van der Waals surface area contributed by atoms with Gasteiger partial charge in [0.2, 0.25) is 5.91 Å². The Balaban J connectivity index is 1.31. The number of nitrogens with zero attached hydrogens (tertiary/aromatic N) is 2. The van der Waals surface area contributed by atoms with E-state index < -0.39 is 0 Å². The molecule has 1 amide bonds. The summed E-state index contributed by atoms with van der Waals surface area (Å²) in [5, 5.41) is 1.70. The van der Waals surface area contributed by atoms with Crippen LogP contribution in [0.4, 0.5) is 0 Å². The van der Waals surface area contributed by atoms with E-state index in [1.807, 2.05) is 23.1 Å². The minimum absolute atomic E-state index is 0.0786. The second kappa shape index (κ2) is 6.56. The highest BCUT2D eigenvalue weighted by atomic mass is 35.5. The molecule has 5 aliphatic rings. The number of halogens is 1. The molecule has 4 saturated carbocycles. The van der Waals surface area contributed by atoms with Gasteiger partial charge in [0.05, 0.1) is 12.0 Å². The molecule has 5 heteroatoms. The van der Waals surface area contributed by atoms with Crippen molar-refractivity contribution in [3.8, 4) is 0 Å². The first-order valence-corrected chi connectivity index (χ1v) is 11.2. The van der Waals surface area contributed by atoms with Crippen LogP contribution >= 0.6 is 23.4 Å². The molecule has 4 bridgehead atoms. The van der Waals surface area contributed by atoms with E-state index in [9.17, 15) is 4.79 Å². The second-order valence-electron chi connectivity index (χ2n) is 8.70. The summed E-state index contributed by atoms with van der Waals surface area (Å²) in [5.41, 5.74) is 1.03. The molecule has 0 radical (unpaired) electrons. The smallest absolute Gasteiger partial charge is 0.234 e. The van der Waals surface area contributed by atoms with Crippen LogP contribution in [-0.4, -0.2) is 29.1 Å². The second-order valence-corrected chi connectivity index (χ2v) is 10.0. The maximum absolute atomic E-state index is 13.6. The van der Waals surface area contributed by atoms with Gasteiger partial charge in [0.1, 0.15) is 0 Å². The fraction of sp³-hybridized carbons (Fsp3) is 0.619. The van der Waals surface area contributed by atoms with E-state index in [4.69, 9.17) is 11.6 Å². The molecular weight excluding hydrogens is 364 g/mol. The molecule has 0 aromatic heterocycles. The van der Waals surface area contributed by atoms with E-state index in [1.54, 1.807) is 11.8 Å². The molecule has 1 heterocycles. The van der Waals surface area contributed by atoms with Gasteiger partial charge in [-0.1, -0.05) is 41.6 Å². The van der Waals surface area contributed by atoms with Crippen molar-refractivity contribution >= 4 is 34.4 Å². The van der Waals surface area contributed by atoms with Crippen LogP contribution in [0.2, 0.25) is 5.02 Å². The summed E-state index contributed by atoms with van der Waals surface area (Å²) in [6.07, 6.45) is 7.47. The minimum Gasteiger partial charge on any atom is -0.289 e. The van der Waals surface area contributed by atoms with Crippen LogP contribution in [0.15, 0.2) is 29.3 Å². The first-order chi connectivity index (χ1) is 12.6. The average molecular weight is 389 g/mol. The van der Waals surface area contributed by atoms with Gasteiger partial charge in [-0.05, 0) is 67.9 Å². The SMILES string of the molecule is O=C(N1CCN=C1SCc1ccccc1Cl)C12CC3CC(CC(C3)C1)C2. The van der Waals surface area contributed by atoms with Gasteiger partial charge in [-0.3, -0.25) is 14.7 Å². The van der Waals surface area contributed by atoms with Crippen LogP contribution < -0.4 is 0 Å². The van der Waals surface area contributed by atoms with Crippen molar-refractivity contribution < 1.29 is 4.79 Å². The van der Waals surface area contributed by atoms with E-state index in [-0.39, 0.29) is 5.41 Å². The molecule has 0 saturated heterocycles. The minimum atomic E-state index is -0.0786. The summed E-state index contributed by atoms with van der Waals surface area (Å²) in [6, 6.07) is 7.94. The normalized spacial score (nSPS) is 35.0. The first kappa shape index (κ1) is 17.1. The number of rotatable bonds is 3. The molecule has 1 aromatic rings. The summed E-state index contributed by atoms with van der Waals surface area (Å²) in [4.78, 5) is 20.3. The molecule has 4 aliphatic carbocycles. The maximum Gasteiger partial charge on any atom is 0.234 e. The van der Waals surface area contributed by atoms with Gasteiger partial charge in [0.25, 0.3) is 0 Å². The lowest BCUT2D eigenvalue weighted by molar-refractivity contribution is -0.152. The molecular formula is C21H25ClN2OS. The van der Waals surface area contributed by atoms with Crippen molar-refractivity contribution in [2.45, 2.75) is 44.3 Å². The number of carbonyl (C=O) groups is 1. The number of hydrogen-bond acceptors (Lipinski definition) is 3. The summed E-state index contributed by atoms with van der Waals surface area (Å²) >= 11 is 7.95. The molecule has 1 aromatic carbocycles. The predicted octanol–water partition coefficient (Wildman–Crippen LogP) is 4.99. The van der Waals surface area contributed by atoms with E-state index in [1.165, 1.54) is 19.3 Å². The van der Waals surface area contributed by atoms with Crippen LogP contribution in [-0.2, 0) is 10.5 Å². The van der Waals surface area contributed by atoms with Crippen molar-refractivity contribution in [3.05, 3.63) is 34.9 Å². The predicted molar refractivity (Wildman–Crippen MR) is 107 cm³/mol. The Morgan fingerprint density at radius 1 is 1.15 bits per heavy atom.